The number of β-lactam (4-membered cyclic amide) rings is 1. The van der Waals surface area contributed by atoms with Crippen molar-refractivity contribution in [1.29, 1.82) is 0 Å². The molecule has 0 aliphatic carbocycles. The van der Waals surface area contributed by atoms with Gasteiger partial charge in [0.2, 0.25) is 17.3 Å². The number of thioether (sulfide) groups is 2. The van der Waals surface area contributed by atoms with Gasteiger partial charge in [-0.25, -0.2) is 4.79 Å². The minimum Gasteiger partial charge on any atom is -1.00 e. The van der Waals surface area contributed by atoms with E-state index < -0.39 is 46.0 Å². The Morgan fingerprint density at radius 1 is 1.02 bits per heavy atom. The molecule has 0 radical (unpaired) electrons. The van der Waals surface area contributed by atoms with Crippen LogP contribution in [-0.2, 0) is 20.9 Å². The van der Waals surface area contributed by atoms with E-state index in [2.05, 4.69) is 122 Å². The molecule has 0 bridgehead atoms. The zero-order chi connectivity index (χ0) is 39.7. The first-order valence-corrected chi connectivity index (χ1v) is 19.9. The topological polar surface area (TPSA) is 140 Å². The number of fused-ring (bicyclic) bond motifs is 3. The van der Waals surface area contributed by atoms with Gasteiger partial charge in [0, 0.05) is 28.8 Å². The third-order valence-electron chi connectivity index (χ3n) is 9.98. The van der Waals surface area contributed by atoms with Crippen molar-refractivity contribution in [2.45, 2.75) is 60.0 Å². The first kappa shape index (κ1) is 46.3. The Balaban J connectivity index is 0.000000248. The van der Waals surface area contributed by atoms with Crippen molar-refractivity contribution < 1.29 is 81.6 Å². The van der Waals surface area contributed by atoms with Gasteiger partial charge >= 0.3 is 5.97 Å². The van der Waals surface area contributed by atoms with Crippen LogP contribution in [0.15, 0.2) is 107 Å². The number of aliphatic carboxylic acids is 1. The first-order chi connectivity index (χ1) is 26.1. The number of phenols is 1. The first-order valence-electron chi connectivity index (χ1n) is 18.2. The number of carboxylic acid groups (broad SMARTS) is 1. The quantitative estimate of drug-likeness (QED) is 0.0708. The fraction of sp³-hybridized carbons (Fsp3) is 0.333. The second-order valence-corrected chi connectivity index (χ2v) is 18.3. The van der Waals surface area contributed by atoms with Crippen molar-refractivity contribution in [3.8, 4) is 5.75 Å². The van der Waals surface area contributed by atoms with Gasteiger partial charge < -0.3 is 83.5 Å². The SMILES string of the molecule is CC1(C)S[C@@H]2[C@H](NC(=O)[C@H](N)c3ccc(O)cc3)C(=O)N2[C@H]1C(=O)O.CN1/C(=C\C=C\c2cc[n+](CCC[N+](C)(C)C)c3ccccc23)Sc2ccccc21.[I-].[I-]. The molecule has 57 heavy (non-hydrogen) atoms. The van der Waals surface area contributed by atoms with E-state index in [4.69, 9.17) is 5.73 Å². The molecule has 7 rings (SSSR count). The fourth-order valence-corrected chi connectivity index (χ4v) is 9.77. The predicted octanol–water partition coefficient (Wildman–Crippen LogP) is -0.648. The van der Waals surface area contributed by atoms with Crippen LogP contribution in [0.1, 0.15) is 37.4 Å². The molecule has 0 spiro atoms. The van der Waals surface area contributed by atoms with Crippen LogP contribution in [-0.4, -0.2) is 94.3 Å². The summed E-state index contributed by atoms with van der Waals surface area (Å²) >= 11 is 3.18. The van der Waals surface area contributed by atoms with Crippen LogP contribution in [0.25, 0.3) is 17.0 Å². The maximum Gasteiger partial charge on any atom is 0.327 e. The van der Waals surface area contributed by atoms with Crippen molar-refractivity contribution in [1.82, 2.24) is 10.2 Å². The number of anilines is 1. The standard InChI is InChI=1S/C26H31N3S.C16H19N3O5S.2HI/c1-27-24-14-7-8-15-25(24)30-26(27)16-9-11-21-17-19-28(18-10-20-29(2,3)4)23-13-6-5-12-22(21)23;1-16(2)11(15(23)24)19-13(22)10(14(19)25-16)18-12(21)9(17)7-3-5-8(20)6-4-7;;/h5-9,11-17,19H,10,18,20H2,1-4H3;3-6,9-11,14,20H,17H2,1-2H3,(H,18,21)(H,23,24);2*1H/q+2;;;/p-2/t;9-,10-,11+,14-;;/m.1../s1. The van der Waals surface area contributed by atoms with Crippen molar-refractivity contribution in [3.05, 3.63) is 113 Å². The summed E-state index contributed by atoms with van der Waals surface area (Å²) in [5.74, 6) is -1.94. The van der Waals surface area contributed by atoms with Crippen LogP contribution >= 0.6 is 23.5 Å². The van der Waals surface area contributed by atoms with E-state index in [-0.39, 0.29) is 53.7 Å². The second-order valence-electron chi connectivity index (χ2n) is 15.5. The maximum atomic E-state index is 12.3. The van der Waals surface area contributed by atoms with Crippen LogP contribution in [0.3, 0.4) is 0 Å². The number of carboxylic acids is 1. The number of aryl methyl sites for hydroxylation is 1. The van der Waals surface area contributed by atoms with E-state index in [0.717, 1.165) is 11.0 Å². The number of phenolic OH excluding ortho intramolecular Hbond substituents is 1. The molecular formula is C42H50I2N6O5S2. The molecule has 11 nitrogen and oxygen atoms in total. The van der Waals surface area contributed by atoms with Gasteiger partial charge in [0.25, 0.3) is 0 Å². The summed E-state index contributed by atoms with van der Waals surface area (Å²) < 4.78 is 2.74. The molecular weight excluding hydrogens is 986 g/mol. The molecule has 0 saturated carbocycles. The van der Waals surface area contributed by atoms with Gasteiger partial charge in [-0.1, -0.05) is 60.3 Å². The summed E-state index contributed by atoms with van der Waals surface area (Å²) in [6.45, 7) is 5.75. The van der Waals surface area contributed by atoms with Gasteiger partial charge in [-0.2, -0.15) is 4.57 Å². The molecule has 3 aliphatic rings. The van der Waals surface area contributed by atoms with Crippen LogP contribution in [0.2, 0.25) is 0 Å². The molecule has 4 aromatic rings. The molecule has 2 amide bonds. The van der Waals surface area contributed by atoms with E-state index >= 15 is 0 Å². The average molecular weight is 1040 g/mol. The molecule has 1 aromatic heterocycles. The van der Waals surface area contributed by atoms with Gasteiger partial charge in [-0.3, -0.25) is 9.59 Å². The number of allylic oxidation sites excluding steroid dienone is 2. The highest BCUT2D eigenvalue weighted by Crippen LogP contribution is 2.51. The lowest BCUT2D eigenvalue weighted by Gasteiger charge is -2.43. The molecule has 5 N–H and O–H groups in total. The minimum atomic E-state index is -1.06. The number of quaternary nitrogens is 1. The molecule has 304 valence electrons. The smallest absolute Gasteiger partial charge is 0.327 e. The van der Waals surface area contributed by atoms with Crippen molar-refractivity contribution in [2.24, 2.45) is 5.73 Å². The van der Waals surface area contributed by atoms with E-state index in [1.165, 1.54) is 86.0 Å². The van der Waals surface area contributed by atoms with E-state index in [1.54, 1.807) is 13.8 Å². The number of aromatic hydroxyl groups is 1. The number of nitrogens with two attached hydrogens (primary N) is 1. The number of nitrogens with one attached hydrogen (secondary N) is 1. The van der Waals surface area contributed by atoms with Crippen molar-refractivity contribution in [3.63, 3.8) is 0 Å². The van der Waals surface area contributed by atoms with Crippen LogP contribution in [0.5, 0.6) is 5.75 Å². The molecule has 4 heterocycles. The monoisotopic (exact) mass is 1040 g/mol. The van der Waals surface area contributed by atoms with Gasteiger partial charge in [0.05, 0.1) is 50.2 Å². The highest BCUT2D eigenvalue weighted by molar-refractivity contribution is 8.03. The lowest BCUT2D eigenvalue weighted by molar-refractivity contribution is -0.873. The van der Waals surface area contributed by atoms with E-state index in [1.807, 2.05) is 11.8 Å². The zero-order valence-electron chi connectivity index (χ0n) is 32.8. The molecule has 3 aromatic carbocycles. The number of amides is 2. The van der Waals surface area contributed by atoms with Gasteiger partial charge in [0.15, 0.2) is 12.7 Å². The number of rotatable bonds is 10. The number of benzene rings is 3. The summed E-state index contributed by atoms with van der Waals surface area (Å²) in [4.78, 5) is 41.0. The number of nitrogens with zero attached hydrogens (tertiary/aromatic N) is 4. The van der Waals surface area contributed by atoms with Gasteiger partial charge in [-0.05, 0) is 61.4 Å². The highest BCUT2D eigenvalue weighted by Gasteiger charge is 2.64. The number of pyridine rings is 1. The number of carbonyl (C=O) groups is 3. The predicted molar refractivity (Wildman–Crippen MR) is 220 cm³/mol. The third kappa shape index (κ3) is 10.5. The molecule has 2 fully saturated rings. The average Bonchev–Trinajstić information content (AvgIpc) is 3.60. The van der Waals surface area contributed by atoms with Crippen LogP contribution in [0.4, 0.5) is 5.69 Å². The molecule has 4 atom stereocenters. The lowest BCUT2D eigenvalue weighted by Crippen LogP contribution is -3.00. The normalized spacial score (nSPS) is 20.4. The number of para-hydroxylation sites is 2. The highest BCUT2D eigenvalue weighted by atomic mass is 127. The Hall–Kier alpha value is -3.36. The van der Waals surface area contributed by atoms with E-state index in [9.17, 15) is 24.6 Å². The maximum absolute atomic E-state index is 12.3. The third-order valence-corrected chi connectivity index (χ3v) is 12.7. The number of aromatic nitrogens is 1. The Bertz CT molecular complexity index is 2160. The van der Waals surface area contributed by atoms with E-state index in [0.29, 0.717) is 5.56 Å². The van der Waals surface area contributed by atoms with Gasteiger partial charge in [0.1, 0.15) is 29.2 Å². The van der Waals surface area contributed by atoms with Crippen molar-refractivity contribution in [2.75, 3.05) is 39.6 Å². The number of halogens is 2. The summed E-state index contributed by atoms with van der Waals surface area (Å²) in [5, 5.41) is 23.4. The Labute approximate surface area is 377 Å². The zero-order valence-corrected chi connectivity index (χ0v) is 38.8. The molecule has 15 heteroatoms. The molecule has 2 saturated heterocycles. The lowest BCUT2D eigenvalue weighted by atomic mass is 9.95. The molecule has 0 unspecified atom stereocenters. The summed E-state index contributed by atoms with van der Waals surface area (Å²) in [6.07, 6.45) is 10.0. The fourth-order valence-electron chi connectivity index (χ4n) is 7.09. The number of carbonyl (C=O) groups excluding carboxylic acids is 2. The Morgan fingerprint density at radius 2 is 1.68 bits per heavy atom. The van der Waals surface area contributed by atoms with Crippen LogP contribution < -0.4 is 68.5 Å². The number of hydrogen-bond acceptors (Lipinski definition) is 8. The largest absolute Gasteiger partial charge is 1.00 e. The Morgan fingerprint density at radius 3 is 2.35 bits per heavy atom. The van der Waals surface area contributed by atoms with Crippen molar-refractivity contribution >= 4 is 64.0 Å². The summed E-state index contributed by atoms with van der Waals surface area (Å²) in [6, 6.07) is 22.7. The Kier molecular flexibility index (Phi) is 15.6. The summed E-state index contributed by atoms with van der Waals surface area (Å²) in [7, 11) is 8.90. The number of hydrogen-bond donors (Lipinski definition) is 4. The minimum absolute atomic E-state index is 0. The van der Waals surface area contributed by atoms with Crippen LogP contribution in [0, 0.1) is 0 Å². The second kappa shape index (κ2) is 19.1. The molecule has 3 aliphatic heterocycles. The summed E-state index contributed by atoms with van der Waals surface area (Å²) in [5.41, 5.74) is 10.2. The van der Waals surface area contributed by atoms with Gasteiger partial charge in [-0.15, -0.1) is 11.8 Å².